The number of rotatable bonds is 6. The smallest absolute Gasteiger partial charge is 0.312 e. The third kappa shape index (κ3) is 8.97. The fraction of sp³-hybridized carbons (Fsp3) is 0.571. The molecule has 0 aromatic carbocycles. The zero-order chi connectivity index (χ0) is 8.53. The van der Waals surface area contributed by atoms with Crippen LogP contribution in [0, 0.1) is 0 Å². The van der Waals surface area contributed by atoms with Crippen LogP contribution in [0.15, 0.2) is 12.7 Å². The normalized spacial score (nSPS) is 9.09. The van der Waals surface area contributed by atoms with Crippen molar-refractivity contribution in [1.29, 1.82) is 0 Å². The first-order valence-electron chi connectivity index (χ1n) is 3.49. The summed E-state index contributed by atoms with van der Waals surface area (Å²) < 4.78 is 5.08. The van der Waals surface area contributed by atoms with Crippen LogP contribution in [0.2, 0.25) is 0 Å². The highest BCUT2D eigenvalue weighted by atomic mass is 16.5. The molecule has 0 aliphatic heterocycles. The highest BCUT2D eigenvalue weighted by Gasteiger charge is 1.89. The van der Waals surface area contributed by atoms with E-state index in [0.29, 0.717) is 19.8 Å². The van der Waals surface area contributed by atoms with E-state index >= 15 is 0 Å². The van der Waals surface area contributed by atoms with Crippen LogP contribution in [0.25, 0.3) is 0 Å². The van der Waals surface area contributed by atoms with E-state index in [2.05, 4.69) is 11.9 Å². The number of amides is 2. The van der Waals surface area contributed by atoms with Gasteiger partial charge in [-0.1, -0.05) is 6.08 Å². The molecule has 0 heterocycles. The first kappa shape index (κ1) is 9.97. The summed E-state index contributed by atoms with van der Waals surface area (Å²) in [6.07, 6.45) is 2.61. The molecule has 0 atom stereocenters. The Bertz CT molecular complexity index is 126. The molecule has 0 spiro atoms. The van der Waals surface area contributed by atoms with Crippen LogP contribution >= 0.6 is 0 Å². The highest BCUT2D eigenvalue weighted by molar-refractivity contribution is 5.71. The minimum Gasteiger partial charge on any atom is -0.379 e. The zero-order valence-electron chi connectivity index (χ0n) is 6.51. The van der Waals surface area contributed by atoms with Crippen LogP contribution in [0.3, 0.4) is 0 Å². The lowest BCUT2D eigenvalue weighted by atomic mass is 10.4. The Labute approximate surface area is 66.4 Å². The molecule has 0 aromatic rings. The van der Waals surface area contributed by atoms with E-state index in [1.165, 1.54) is 0 Å². The molecule has 0 rings (SSSR count). The standard InChI is InChI=1S/C7H14N2O2/c1-2-3-5-11-6-4-9-7(8)10/h2H,1,3-6H2,(H3,8,9,10). The number of carbonyl (C=O) groups excluding carboxylic acids is 1. The van der Waals surface area contributed by atoms with Crippen molar-refractivity contribution in [2.24, 2.45) is 5.73 Å². The molecule has 0 aliphatic carbocycles. The monoisotopic (exact) mass is 158 g/mol. The summed E-state index contributed by atoms with van der Waals surface area (Å²) in [5.74, 6) is 0. The fourth-order valence-electron chi connectivity index (χ4n) is 0.515. The largest absolute Gasteiger partial charge is 0.379 e. The van der Waals surface area contributed by atoms with Gasteiger partial charge in [0, 0.05) is 6.54 Å². The second-order valence-corrected chi connectivity index (χ2v) is 1.98. The topological polar surface area (TPSA) is 64.3 Å². The molecule has 0 radical (unpaired) electrons. The minimum atomic E-state index is -0.516. The van der Waals surface area contributed by atoms with Crippen molar-refractivity contribution < 1.29 is 9.53 Å². The molecule has 4 nitrogen and oxygen atoms in total. The van der Waals surface area contributed by atoms with Crippen molar-refractivity contribution in [2.75, 3.05) is 19.8 Å². The zero-order valence-corrected chi connectivity index (χ0v) is 6.51. The summed E-state index contributed by atoms with van der Waals surface area (Å²) in [6.45, 7) is 5.14. The lowest BCUT2D eigenvalue weighted by Crippen LogP contribution is -2.32. The molecule has 0 aromatic heterocycles. The molecule has 11 heavy (non-hydrogen) atoms. The summed E-state index contributed by atoms with van der Waals surface area (Å²) in [6, 6.07) is -0.516. The van der Waals surface area contributed by atoms with Gasteiger partial charge < -0.3 is 15.8 Å². The summed E-state index contributed by atoms with van der Waals surface area (Å²) in [5.41, 5.74) is 4.81. The van der Waals surface area contributed by atoms with E-state index < -0.39 is 6.03 Å². The summed E-state index contributed by atoms with van der Waals surface area (Å²) >= 11 is 0. The Morgan fingerprint density at radius 3 is 2.91 bits per heavy atom. The number of nitrogens with two attached hydrogens (primary N) is 1. The predicted molar refractivity (Wildman–Crippen MR) is 43.2 cm³/mol. The molecule has 0 fully saturated rings. The van der Waals surface area contributed by atoms with E-state index in [1.54, 1.807) is 6.08 Å². The Kier molecular flexibility index (Phi) is 6.42. The molecular weight excluding hydrogens is 144 g/mol. The molecule has 0 aliphatic rings. The van der Waals surface area contributed by atoms with Crippen molar-refractivity contribution in [3.05, 3.63) is 12.7 Å². The van der Waals surface area contributed by atoms with Gasteiger partial charge in [0.25, 0.3) is 0 Å². The van der Waals surface area contributed by atoms with Crippen LogP contribution in [0.4, 0.5) is 4.79 Å². The maximum absolute atomic E-state index is 10.1. The lowest BCUT2D eigenvalue weighted by molar-refractivity contribution is 0.141. The second-order valence-electron chi connectivity index (χ2n) is 1.98. The number of urea groups is 1. The lowest BCUT2D eigenvalue weighted by Gasteiger charge is -2.01. The van der Waals surface area contributed by atoms with Gasteiger partial charge >= 0.3 is 6.03 Å². The van der Waals surface area contributed by atoms with Crippen LogP contribution in [0.5, 0.6) is 0 Å². The molecule has 0 saturated carbocycles. The maximum Gasteiger partial charge on any atom is 0.312 e. The maximum atomic E-state index is 10.1. The van der Waals surface area contributed by atoms with Crippen molar-refractivity contribution in [2.45, 2.75) is 6.42 Å². The van der Waals surface area contributed by atoms with Gasteiger partial charge in [-0.15, -0.1) is 6.58 Å². The van der Waals surface area contributed by atoms with E-state index in [1.807, 2.05) is 0 Å². The number of carbonyl (C=O) groups is 1. The second kappa shape index (κ2) is 7.08. The van der Waals surface area contributed by atoms with Gasteiger partial charge in [0.2, 0.25) is 0 Å². The van der Waals surface area contributed by atoms with E-state index in [-0.39, 0.29) is 0 Å². The highest BCUT2D eigenvalue weighted by Crippen LogP contribution is 1.81. The van der Waals surface area contributed by atoms with Crippen LogP contribution in [-0.4, -0.2) is 25.8 Å². The van der Waals surface area contributed by atoms with Crippen molar-refractivity contribution in [1.82, 2.24) is 5.32 Å². The van der Waals surface area contributed by atoms with Gasteiger partial charge in [-0.05, 0) is 6.42 Å². The number of hydrogen-bond acceptors (Lipinski definition) is 2. The summed E-state index contributed by atoms with van der Waals surface area (Å²) in [4.78, 5) is 10.1. The number of hydrogen-bond donors (Lipinski definition) is 2. The van der Waals surface area contributed by atoms with Gasteiger partial charge in [0.1, 0.15) is 0 Å². The minimum absolute atomic E-state index is 0.465. The third-order valence-corrected chi connectivity index (χ3v) is 1.01. The van der Waals surface area contributed by atoms with Gasteiger partial charge in [0.15, 0.2) is 0 Å². The molecule has 0 saturated heterocycles. The molecule has 3 N–H and O–H groups in total. The molecule has 0 bridgehead atoms. The first-order valence-corrected chi connectivity index (χ1v) is 3.49. The Morgan fingerprint density at radius 2 is 2.36 bits per heavy atom. The third-order valence-electron chi connectivity index (χ3n) is 1.01. The predicted octanol–water partition coefficient (Wildman–Crippen LogP) is 0.247. The van der Waals surface area contributed by atoms with Crippen LogP contribution < -0.4 is 11.1 Å². The average molecular weight is 158 g/mol. The quantitative estimate of drug-likeness (QED) is 0.430. The number of primary amides is 1. The number of ether oxygens (including phenoxy) is 1. The average Bonchev–Trinajstić information content (AvgIpc) is 1.96. The van der Waals surface area contributed by atoms with Crippen LogP contribution in [-0.2, 0) is 4.74 Å². The van der Waals surface area contributed by atoms with Crippen molar-refractivity contribution >= 4 is 6.03 Å². The van der Waals surface area contributed by atoms with Gasteiger partial charge in [-0.2, -0.15) is 0 Å². The fourth-order valence-corrected chi connectivity index (χ4v) is 0.515. The Hall–Kier alpha value is -1.03. The van der Waals surface area contributed by atoms with Gasteiger partial charge in [-0.25, -0.2) is 4.79 Å². The van der Waals surface area contributed by atoms with E-state index in [9.17, 15) is 4.79 Å². The first-order chi connectivity index (χ1) is 5.27. The molecule has 2 amide bonds. The number of nitrogens with one attached hydrogen (secondary N) is 1. The SMILES string of the molecule is C=CCCOCCNC(N)=O. The molecular formula is C7H14N2O2. The molecule has 0 unspecified atom stereocenters. The Balaban J connectivity index is 2.90. The van der Waals surface area contributed by atoms with E-state index in [0.717, 1.165) is 6.42 Å². The van der Waals surface area contributed by atoms with Gasteiger partial charge in [0.05, 0.1) is 13.2 Å². The molecule has 64 valence electrons. The van der Waals surface area contributed by atoms with E-state index in [4.69, 9.17) is 10.5 Å². The summed E-state index contributed by atoms with van der Waals surface area (Å²) in [5, 5.41) is 2.41. The summed E-state index contributed by atoms with van der Waals surface area (Å²) in [7, 11) is 0. The van der Waals surface area contributed by atoms with Crippen molar-refractivity contribution in [3.63, 3.8) is 0 Å². The molecule has 4 heteroatoms. The van der Waals surface area contributed by atoms with Crippen molar-refractivity contribution in [3.8, 4) is 0 Å². The van der Waals surface area contributed by atoms with Gasteiger partial charge in [-0.3, -0.25) is 0 Å². The van der Waals surface area contributed by atoms with Crippen LogP contribution in [0.1, 0.15) is 6.42 Å². The Morgan fingerprint density at radius 1 is 1.64 bits per heavy atom.